The molecule has 0 aromatic carbocycles. The molecule has 0 radical (unpaired) electrons. The van der Waals surface area contributed by atoms with Crippen LogP contribution in [-0.4, -0.2) is 34.0 Å². The summed E-state index contributed by atoms with van der Waals surface area (Å²) in [4.78, 5) is 37.4. The van der Waals surface area contributed by atoms with Crippen LogP contribution < -0.4 is 5.32 Å². The number of carbonyl (C=O) groups excluding carboxylic acids is 3. The van der Waals surface area contributed by atoms with Crippen LogP contribution in [0.2, 0.25) is 5.02 Å². The number of rotatable bonds is 7. The molecule has 0 bridgehead atoms. The predicted molar refractivity (Wildman–Crippen MR) is 117 cm³/mol. The zero-order chi connectivity index (χ0) is 22.9. The Morgan fingerprint density at radius 1 is 1.26 bits per heavy atom. The number of amides is 1. The number of hydrogen-bond acceptors (Lipinski definition) is 7. The van der Waals surface area contributed by atoms with Crippen molar-refractivity contribution < 1.29 is 23.5 Å². The fourth-order valence-corrected chi connectivity index (χ4v) is 4.33. The summed E-state index contributed by atoms with van der Waals surface area (Å²) in [5.41, 5.74) is 2.17. The Kier molecular flexibility index (Phi) is 6.66. The van der Waals surface area contributed by atoms with E-state index in [1.807, 2.05) is 13.8 Å². The average Bonchev–Trinajstić information content (AvgIpc) is 3.36. The third-order valence-electron chi connectivity index (χ3n) is 4.66. The maximum Gasteiger partial charge on any atom is 0.341 e. The highest BCUT2D eigenvalue weighted by molar-refractivity contribution is 7.18. The number of furan rings is 1. The Morgan fingerprint density at radius 2 is 1.97 bits per heavy atom. The molecule has 10 heteroatoms. The number of aryl methyl sites for hydroxylation is 1. The molecule has 8 nitrogen and oxygen atoms in total. The molecule has 0 unspecified atom stereocenters. The Morgan fingerprint density at radius 3 is 2.55 bits per heavy atom. The first-order valence-corrected chi connectivity index (χ1v) is 10.7. The van der Waals surface area contributed by atoms with Crippen LogP contribution in [0.25, 0.3) is 0 Å². The number of ether oxygens (including phenoxy) is 1. The standard InChI is InChI=1S/C21H22ClN3O5S/c1-6-29-21(28)16-10(2)18(13(5)26)31-20(16)23-19(27)15-8-7-14(30-15)9-25-12(4)17(22)11(3)24-25/h7-8H,6,9H2,1-5H3,(H,23,27). The summed E-state index contributed by atoms with van der Waals surface area (Å²) in [6.07, 6.45) is 0. The number of hydrogen-bond donors (Lipinski definition) is 1. The van der Waals surface area contributed by atoms with Gasteiger partial charge in [0.2, 0.25) is 0 Å². The van der Waals surface area contributed by atoms with Crippen molar-refractivity contribution in [3.05, 3.63) is 56.1 Å². The second-order valence-electron chi connectivity index (χ2n) is 6.90. The lowest BCUT2D eigenvalue weighted by Gasteiger charge is -2.06. The Hall–Kier alpha value is -2.91. The SMILES string of the molecule is CCOC(=O)c1c(NC(=O)c2ccc(Cn3nc(C)c(Cl)c3C)o2)sc(C(C)=O)c1C. The minimum absolute atomic E-state index is 0.0628. The quantitative estimate of drug-likeness (QED) is 0.399. The highest BCUT2D eigenvalue weighted by Gasteiger charge is 2.26. The molecule has 0 aliphatic heterocycles. The van der Waals surface area contributed by atoms with Gasteiger partial charge in [-0.25, -0.2) is 4.79 Å². The number of nitrogens with one attached hydrogen (secondary N) is 1. The first kappa shape index (κ1) is 22.8. The number of nitrogens with zero attached hydrogens (tertiary/aromatic N) is 2. The predicted octanol–water partition coefficient (Wildman–Crippen LogP) is 4.80. The molecule has 0 aliphatic rings. The van der Waals surface area contributed by atoms with Gasteiger partial charge in [-0.05, 0) is 52.3 Å². The number of thiophene rings is 1. The van der Waals surface area contributed by atoms with Gasteiger partial charge in [0.15, 0.2) is 11.5 Å². The summed E-state index contributed by atoms with van der Waals surface area (Å²) in [7, 11) is 0. The summed E-state index contributed by atoms with van der Waals surface area (Å²) < 4.78 is 12.4. The van der Waals surface area contributed by atoms with E-state index in [9.17, 15) is 14.4 Å². The zero-order valence-corrected chi connectivity index (χ0v) is 19.4. The largest absolute Gasteiger partial charge is 0.462 e. The first-order valence-electron chi connectivity index (χ1n) is 9.55. The molecular formula is C21H22ClN3O5S. The molecule has 0 fully saturated rings. The highest BCUT2D eigenvalue weighted by Crippen LogP contribution is 2.34. The minimum Gasteiger partial charge on any atom is -0.462 e. The molecule has 1 N–H and O–H groups in total. The van der Waals surface area contributed by atoms with Gasteiger partial charge in [-0.1, -0.05) is 11.6 Å². The molecule has 0 saturated carbocycles. The lowest BCUT2D eigenvalue weighted by Crippen LogP contribution is -2.14. The number of halogens is 1. The number of esters is 1. The number of carbonyl (C=O) groups is 3. The Balaban J connectivity index is 1.83. The summed E-state index contributed by atoms with van der Waals surface area (Å²) >= 11 is 7.21. The zero-order valence-electron chi connectivity index (χ0n) is 17.8. The molecule has 0 aliphatic carbocycles. The van der Waals surface area contributed by atoms with Crippen molar-refractivity contribution >= 4 is 45.6 Å². The molecule has 3 aromatic rings. The van der Waals surface area contributed by atoms with Crippen LogP contribution in [0.4, 0.5) is 5.00 Å². The Bertz CT molecular complexity index is 1170. The smallest absolute Gasteiger partial charge is 0.341 e. The molecular weight excluding hydrogens is 442 g/mol. The number of ketones is 1. The van der Waals surface area contributed by atoms with Gasteiger partial charge in [-0.3, -0.25) is 14.3 Å². The number of anilines is 1. The maximum absolute atomic E-state index is 12.7. The number of aromatic nitrogens is 2. The van der Waals surface area contributed by atoms with E-state index < -0.39 is 11.9 Å². The van der Waals surface area contributed by atoms with E-state index in [2.05, 4.69) is 10.4 Å². The van der Waals surface area contributed by atoms with Gasteiger partial charge in [0.1, 0.15) is 10.8 Å². The van der Waals surface area contributed by atoms with E-state index in [0.29, 0.717) is 33.5 Å². The summed E-state index contributed by atoms with van der Waals surface area (Å²) in [6, 6.07) is 3.21. The molecule has 0 saturated heterocycles. The molecule has 3 heterocycles. The van der Waals surface area contributed by atoms with E-state index in [1.54, 1.807) is 24.6 Å². The second-order valence-corrected chi connectivity index (χ2v) is 8.30. The topological polar surface area (TPSA) is 103 Å². The van der Waals surface area contributed by atoms with Crippen LogP contribution in [0.1, 0.15) is 67.1 Å². The summed E-state index contributed by atoms with van der Waals surface area (Å²) in [5.74, 6) is -0.754. The monoisotopic (exact) mass is 463 g/mol. The summed E-state index contributed by atoms with van der Waals surface area (Å²) in [5, 5.41) is 7.85. The molecule has 3 aromatic heterocycles. The van der Waals surface area contributed by atoms with Gasteiger partial charge < -0.3 is 14.5 Å². The normalized spacial score (nSPS) is 10.9. The van der Waals surface area contributed by atoms with Crippen LogP contribution in [-0.2, 0) is 11.3 Å². The number of Topliss-reactive ketones (excluding diaryl/α,β-unsaturated/α-hetero) is 1. The van der Waals surface area contributed by atoms with Crippen LogP contribution in [0.5, 0.6) is 0 Å². The van der Waals surface area contributed by atoms with Crippen molar-refractivity contribution in [1.82, 2.24) is 9.78 Å². The fourth-order valence-electron chi connectivity index (χ4n) is 3.11. The van der Waals surface area contributed by atoms with Crippen LogP contribution in [0.15, 0.2) is 16.5 Å². The highest BCUT2D eigenvalue weighted by atomic mass is 35.5. The Labute approximate surface area is 188 Å². The lowest BCUT2D eigenvalue weighted by molar-refractivity contribution is 0.0527. The third kappa shape index (κ3) is 4.57. The van der Waals surface area contributed by atoms with Gasteiger partial charge >= 0.3 is 5.97 Å². The van der Waals surface area contributed by atoms with E-state index in [0.717, 1.165) is 17.0 Å². The van der Waals surface area contributed by atoms with Crippen LogP contribution in [0.3, 0.4) is 0 Å². The van der Waals surface area contributed by atoms with E-state index in [4.69, 9.17) is 20.8 Å². The molecule has 164 valence electrons. The fraction of sp³-hybridized carbons (Fsp3) is 0.333. The van der Waals surface area contributed by atoms with Crippen LogP contribution in [0, 0.1) is 20.8 Å². The summed E-state index contributed by atoms with van der Waals surface area (Å²) in [6.45, 7) is 8.89. The molecule has 0 atom stereocenters. The van der Waals surface area contributed by atoms with Gasteiger partial charge in [-0.15, -0.1) is 11.3 Å². The van der Waals surface area contributed by atoms with E-state index in [1.165, 1.54) is 13.0 Å². The molecule has 31 heavy (non-hydrogen) atoms. The van der Waals surface area contributed by atoms with Crippen molar-refractivity contribution in [3.63, 3.8) is 0 Å². The third-order valence-corrected chi connectivity index (χ3v) is 6.51. The van der Waals surface area contributed by atoms with E-state index in [-0.39, 0.29) is 28.7 Å². The van der Waals surface area contributed by atoms with Crippen molar-refractivity contribution in [2.75, 3.05) is 11.9 Å². The van der Waals surface area contributed by atoms with Gasteiger partial charge in [-0.2, -0.15) is 5.10 Å². The van der Waals surface area contributed by atoms with Crippen molar-refractivity contribution in [1.29, 1.82) is 0 Å². The lowest BCUT2D eigenvalue weighted by atomic mass is 10.1. The second kappa shape index (κ2) is 9.07. The van der Waals surface area contributed by atoms with Crippen molar-refractivity contribution in [3.8, 4) is 0 Å². The van der Waals surface area contributed by atoms with Gasteiger partial charge in [0.25, 0.3) is 5.91 Å². The minimum atomic E-state index is -0.597. The van der Waals surface area contributed by atoms with Crippen molar-refractivity contribution in [2.24, 2.45) is 0 Å². The molecule has 1 amide bonds. The molecule has 3 rings (SSSR count). The first-order chi connectivity index (χ1) is 14.6. The maximum atomic E-state index is 12.7. The van der Waals surface area contributed by atoms with E-state index >= 15 is 0 Å². The van der Waals surface area contributed by atoms with Gasteiger partial charge in [0, 0.05) is 0 Å². The van der Waals surface area contributed by atoms with Crippen molar-refractivity contribution in [2.45, 2.75) is 41.2 Å². The average molecular weight is 464 g/mol. The van der Waals surface area contributed by atoms with Crippen LogP contribution >= 0.6 is 22.9 Å². The molecule has 0 spiro atoms. The van der Waals surface area contributed by atoms with Gasteiger partial charge in [0.05, 0.1) is 40.0 Å².